The number of aromatic amines is 1. The molecule has 0 spiro atoms. The number of hydrogen-bond donors (Lipinski definition) is 4. The molecule has 9 heteroatoms. The van der Waals surface area contributed by atoms with E-state index in [1.165, 1.54) is 22.0 Å². The summed E-state index contributed by atoms with van der Waals surface area (Å²) in [6.07, 6.45) is 5.17. The number of carbonyl (C=O) groups excluding carboxylic acids is 1. The van der Waals surface area contributed by atoms with Gasteiger partial charge in [0.15, 0.2) is 0 Å². The highest BCUT2D eigenvalue weighted by atomic mass is 16.4. The summed E-state index contributed by atoms with van der Waals surface area (Å²) in [5.74, 6) is -2.51. The van der Waals surface area contributed by atoms with Crippen LogP contribution in [0.4, 0.5) is 4.79 Å². The second-order valence-electron chi connectivity index (χ2n) is 7.41. The lowest BCUT2D eigenvalue weighted by Gasteiger charge is -2.17. The van der Waals surface area contributed by atoms with Crippen molar-refractivity contribution in [3.05, 3.63) is 47.7 Å². The molecule has 1 aromatic heterocycles. The van der Waals surface area contributed by atoms with Gasteiger partial charge in [0.1, 0.15) is 0 Å². The minimum Gasteiger partial charge on any atom is -0.478 e. The molecule has 162 valence electrons. The zero-order valence-corrected chi connectivity index (χ0v) is 17.4. The van der Waals surface area contributed by atoms with Gasteiger partial charge >= 0.3 is 18.0 Å². The Bertz CT molecular complexity index is 919. The summed E-state index contributed by atoms with van der Waals surface area (Å²) < 4.78 is 0. The number of fused-ring (bicyclic) bond motifs is 1. The third-order valence-corrected chi connectivity index (χ3v) is 4.86. The smallest absolute Gasteiger partial charge is 0.328 e. The molecular weight excluding hydrogens is 388 g/mol. The largest absolute Gasteiger partial charge is 0.478 e. The van der Waals surface area contributed by atoms with Crippen LogP contribution in [0.25, 0.3) is 10.9 Å². The molecule has 0 aliphatic carbocycles. The van der Waals surface area contributed by atoms with Crippen molar-refractivity contribution in [2.24, 2.45) is 0 Å². The van der Waals surface area contributed by atoms with E-state index in [1.807, 2.05) is 7.05 Å². The van der Waals surface area contributed by atoms with Crippen molar-refractivity contribution in [2.45, 2.75) is 18.9 Å². The summed E-state index contributed by atoms with van der Waals surface area (Å²) in [5.41, 5.74) is 3.83. The van der Waals surface area contributed by atoms with E-state index in [2.05, 4.69) is 53.7 Å². The van der Waals surface area contributed by atoms with E-state index >= 15 is 0 Å². The fourth-order valence-electron chi connectivity index (χ4n) is 3.16. The van der Waals surface area contributed by atoms with Gasteiger partial charge in [-0.3, -0.25) is 0 Å². The molecule has 1 unspecified atom stereocenters. The number of hydrogen-bond acceptors (Lipinski definition) is 4. The third kappa shape index (κ3) is 6.63. The van der Waals surface area contributed by atoms with Crippen molar-refractivity contribution < 1.29 is 24.6 Å². The highest BCUT2D eigenvalue weighted by Gasteiger charge is 2.27. The van der Waals surface area contributed by atoms with Crippen LogP contribution in [0.15, 0.2) is 36.5 Å². The van der Waals surface area contributed by atoms with Crippen LogP contribution in [0, 0.1) is 0 Å². The molecule has 30 heavy (non-hydrogen) atoms. The molecule has 1 aliphatic rings. The maximum Gasteiger partial charge on any atom is 0.328 e. The number of rotatable bonds is 7. The first-order chi connectivity index (χ1) is 14.2. The Labute approximate surface area is 175 Å². The first-order valence-corrected chi connectivity index (χ1v) is 9.55. The van der Waals surface area contributed by atoms with Crippen LogP contribution in [0.2, 0.25) is 0 Å². The van der Waals surface area contributed by atoms with Crippen molar-refractivity contribution in [3.8, 4) is 0 Å². The zero-order chi connectivity index (χ0) is 22.3. The summed E-state index contributed by atoms with van der Waals surface area (Å²) >= 11 is 0. The molecule has 9 nitrogen and oxygen atoms in total. The lowest BCUT2D eigenvalue weighted by molar-refractivity contribution is -0.134. The summed E-state index contributed by atoms with van der Waals surface area (Å²) in [5, 5.41) is 19.8. The Morgan fingerprint density at radius 2 is 1.90 bits per heavy atom. The van der Waals surface area contributed by atoms with E-state index < -0.39 is 11.9 Å². The van der Waals surface area contributed by atoms with Crippen molar-refractivity contribution in [1.29, 1.82) is 0 Å². The molecule has 2 heterocycles. The van der Waals surface area contributed by atoms with Gasteiger partial charge < -0.3 is 30.3 Å². The van der Waals surface area contributed by atoms with Gasteiger partial charge in [0.25, 0.3) is 0 Å². The molecule has 2 amide bonds. The van der Waals surface area contributed by atoms with Gasteiger partial charge in [-0.15, -0.1) is 0 Å². The fraction of sp³-hybridized carbons (Fsp3) is 0.381. The van der Waals surface area contributed by atoms with E-state index in [0.29, 0.717) is 12.2 Å². The average molecular weight is 416 g/mol. The van der Waals surface area contributed by atoms with Crippen LogP contribution in [-0.2, 0) is 22.4 Å². The maximum absolute atomic E-state index is 11.6. The minimum absolute atomic E-state index is 0.0272. The topological polar surface area (TPSA) is 126 Å². The lowest BCUT2D eigenvalue weighted by Crippen LogP contribution is -2.31. The van der Waals surface area contributed by atoms with Crippen LogP contribution < -0.4 is 5.32 Å². The zero-order valence-electron chi connectivity index (χ0n) is 17.4. The van der Waals surface area contributed by atoms with Crippen LogP contribution in [-0.4, -0.2) is 83.2 Å². The Morgan fingerprint density at radius 3 is 2.43 bits per heavy atom. The van der Waals surface area contributed by atoms with Gasteiger partial charge in [-0.25, -0.2) is 14.4 Å². The summed E-state index contributed by atoms with van der Waals surface area (Å²) in [6.45, 7) is 1.77. The molecule has 1 aromatic carbocycles. The Balaban J connectivity index is 0.000000343. The standard InChI is InChI=1S/C17H24N4O.C4H4O4/c1-20(2)7-6-13-10-18-16-5-4-12(9-15(13)16)8-14-11-19-17(22)21(14)3;5-3(6)1-2-4(7)8/h4-5,9-10,14,18H,6-8,11H2,1-3H3,(H,19,22);1-2H,(H,5,6)(H,7,8). The van der Waals surface area contributed by atoms with Gasteiger partial charge in [0, 0.05) is 49.4 Å². The Hall–Kier alpha value is -3.33. The van der Waals surface area contributed by atoms with E-state index in [-0.39, 0.29) is 12.1 Å². The molecule has 0 radical (unpaired) electrons. The van der Waals surface area contributed by atoms with Gasteiger partial charge in [0.05, 0.1) is 6.04 Å². The summed E-state index contributed by atoms with van der Waals surface area (Å²) in [7, 11) is 6.06. The molecular formula is C21H28N4O5. The number of nitrogens with one attached hydrogen (secondary N) is 2. The van der Waals surface area contributed by atoms with Crippen molar-refractivity contribution in [3.63, 3.8) is 0 Å². The van der Waals surface area contributed by atoms with E-state index in [4.69, 9.17) is 10.2 Å². The molecule has 4 N–H and O–H groups in total. The quantitative estimate of drug-likeness (QED) is 0.508. The number of aliphatic carboxylic acids is 2. The number of nitrogens with zero attached hydrogens (tertiary/aromatic N) is 2. The molecule has 1 aliphatic heterocycles. The molecule has 1 atom stereocenters. The third-order valence-electron chi connectivity index (χ3n) is 4.86. The first-order valence-electron chi connectivity index (χ1n) is 9.55. The van der Waals surface area contributed by atoms with Gasteiger partial charge in [0.2, 0.25) is 0 Å². The lowest BCUT2D eigenvalue weighted by atomic mass is 10.0. The van der Waals surface area contributed by atoms with Gasteiger partial charge in [-0.1, -0.05) is 6.07 Å². The number of carbonyl (C=O) groups is 3. The number of carboxylic acid groups (broad SMARTS) is 2. The highest BCUT2D eigenvalue weighted by molar-refractivity contribution is 5.89. The maximum atomic E-state index is 11.6. The first kappa shape index (κ1) is 23.0. The van der Waals surface area contributed by atoms with Crippen LogP contribution in [0.1, 0.15) is 11.1 Å². The second kappa shape index (κ2) is 10.4. The predicted octanol–water partition coefficient (Wildman–Crippen LogP) is 1.55. The molecule has 2 aromatic rings. The number of amides is 2. The number of carboxylic acids is 2. The van der Waals surface area contributed by atoms with Crippen LogP contribution in [0.3, 0.4) is 0 Å². The average Bonchev–Trinajstić information content (AvgIpc) is 3.23. The fourth-order valence-corrected chi connectivity index (χ4v) is 3.16. The molecule has 1 saturated heterocycles. The summed E-state index contributed by atoms with van der Waals surface area (Å²) in [6, 6.07) is 6.85. The molecule has 3 rings (SSSR count). The van der Waals surface area contributed by atoms with Gasteiger partial charge in [-0.2, -0.15) is 0 Å². The Kier molecular flexibility index (Phi) is 7.99. The summed E-state index contributed by atoms with van der Waals surface area (Å²) in [4.78, 5) is 38.0. The van der Waals surface area contributed by atoms with E-state index in [1.54, 1.807) is 4.90 Å². The molecule has 1 fully saturated rings. The normalized spacial score (nSPS) is 16.1. The van der Waals surface area contributed by atoms with Crippen molar-refractivity contribution in [2.75, 3.05) is 34.2 Å². The number of urea groups is 1. The van der Waals surface area contributed by atoms with Crippen LogP contribution >= 0.6 is 0 Å². The van der Waals surface area contributed by atoms with E-state index in [0.717, 1.165) is 25.9 Å². The van der Waals surface area contributed by atoms with Crippen LogP contribution in [0.5, 0.6) is 0 Å². The SMILES string of the molecule is CN(C)CCc1c[nH]c2ccc(CC3CNC(=O)N3C)cc12.O=C(O)C=CC(=O)O. The van der Waals surface area contributed by atoms with Crippen molar-refractivity contribution >= 4 is 28.9 Å². The monoisotopic (exact) mass is 416 g/mol. The molecule has 0 bridgehead atoms. The van der Waals surface area contributed by atoms with Crippen molar-refractivity contribution in [1.82, 2.24) is 20.1 Å². The Morgan fingerprint density at radius 1 is 1.23 bits per heavy atom. The van der Waals surface area contributed by atoms with Gasteiger partial charge in [-0.05, 0) is 50.2 Å². The number of aromatic nitrogens is 1. The number of benzene rings is 1. The second-order valence-corrected chi connectivity index (χ2v) is 7.41. The number of H-pyrrole nitrogens is 1. The van der Waals surface area contributed by atoms with E-state index in [9.17, 15) is 14.4 Å². The highest BCUT2D eigenvalue weighted by Crippen LogP contribution is 2.22. The predicted molar refractivity (Wildman–Crippen MR) is 114 cm³/mol. The molecule has 0 saturated carbocycles. The number of likely N-dealkylation sites (N-methyl/N-ethyl adjacent to an activating group) is 2. The minimum atomic E-state index is -1.26.